The van der Waals surface area contributed by atoms with Gasteiger partial charge in [0, 0.05) is 25.5 Å². The number of H-pyrrole nitrogens is 1. The molecule has 3 heterocycles. The number of carboxylic acids is 1. The Morgan fingerprint density at radius 1 is 1.36 bits per heavy atom. The van der Waals surface area contributed by atoms with E-state index in [1.54, 1.807) is 6.20 Å². The zero-order chi connectivity index (χ0) is 15.5. The summed E-state index contributed by atoms with van der Waals surface area (Å²) in [6, 6.07) is 0.287. The largest absolute Gasteiger partial charge is 0.477 e. The molecule has 0 bridgehead atoms. The summed E-state index contributed by atoms with van der Waals surface area (Å²) in [6.45, 7) is 3.32. The second kappa shape index (κ2) is 6.10. The van der Waals surface area contributed by atoms with Gasteiger partial charge < -0.3 is 20.1 Å². The Morgan fingerprint density at radius 2 is 2.14 bits per heavy atom. The van der Waals surface area contributed by atoms with Crippen molar-refractivity contribution < 1.29 is 14.6 Å². The van der Waals surface area contributed by atoms with E-state index in [1.807, 2.05) is 6.92 Å². The Bertz CT molecular complexity index is 679. The van der Waals surface area contributed by atoms with Crippen molar-refractivity contribution in [3.8, 4) is 11.5 Å². The molecule has 8 heteroatoms. The summed E-state index contributed by atoms with van der Waals surface area (Å²) < 4.78 is 5.32. The lowest BCUT2D eigenvalue weighted by molar-refractivity contribution is 0.0691. The predicted octanol–water partition coefficient (Wildman–Crippen LogP) is 1.46. The number of ether oxygens (including phenoxy) is 1. The highest BCUT2D eigenvalue weighted by molar-refractivity contribution is 5.85. The minimum absolute atomic E-state index is 0.0342. The van der Waals surface area contributed by atoms with Gasteiger partial charge in [0.25, 0.3) is 0 Å². The Labute approximate surface area is 127 Å². The van der Waals surface area contributed by atoms with Gasteiger partial charge in [-0.2, -0.15) is 0 Å². The van der Waals surface area contributed by atoms with Crippen LogP contribution in [-0.2, 0) is 4.74 Å². The summed E-state index contributed by atoms with van der Waals surface area (Å²) in [5, 5.41) is 12.2. The minimum Gasteiger partial charge on any atom is -0.477 e. The molecule has 1 aliphatic rings. The summed E-state index contributed by atoms with van der Waals surface area (Å²) in [4.78, 5) is 26.5. The first-order valence-electron chi connectivity index (χ1n) is 7.10. The third-order valence-electron chi connectivity index (χ3n) is 3.56. The van der Waals surface area contributed by atoms with Gasteiger partial charge in [-0.3, -0.25) is 0 Å². The third kappa shape index (κ3) is 3.06. The van der Waals surface area contributed by atoms with Crippen molar-refractivity contribution in [3.05, 3.63) is 23.7 Å². The number of carbonyl (C=O) groups is 1. The highest BCUT2D eigenvalue weighted by Crippen LogP contribution is 2.20. The molecule has 0 radical (unpaired) electrons. The van der Waals surface area contributed by atoms with E-state index < -0.39 is 5.97 Å². The second-order valence-electron chi connectivity index (χ2n) is 5.21. The SMILES string of the molecule is Cc1cnc(NC2CCOCC2)nc1-c1ncc(C(=O)O)[nH]1. The summed E-state index contributed by atoms with van der Waals surface area (Å²) in [5.41, 5.74) is 1.45. The van der Waals surface area contributed by atoms with Gasteiger partial charge >= 0.3 is 5.97 Å². The number of aromatic amines is 1. The number of imidazole rings is 1. The fourth-order valence-corrected chi connectivity index (χ4v) is 2.33. The molecule has 0 amide bonds. The van der Waals surface area contributed by atoms with Crippen LogP contribution in [0.15, 0.2) is 12.4 Å². The molecule has 1 aliphatic heterocycles. The molecule has 0 aliphatic carbocycles. The van der Waals surface area contributed by atoms with Crippen LogP contribution in [0.25, 0.3) is 11.5 Å². The van der Waals surface area contributed by atoms with Gasteiger partial charge in [0.05, 0.1) is 6.20 Å². The number of nitrogens with one attached hydrogen (secondary N) is 2. The van der Waals surface area contributed by atoms with E-state index in [0.29, 0.717) is 17.5 Å². The number of hydrogen-bond acceptors (Lipinski definition) is 6. The smallest absolute Gasteiger partial charge is 0.353 e. The van der Waals surface area contributed by atoms with Gasteiger partial charge in [0.1, 0.15) is 11.4 Å². The van der Waals surface area contributed by atoms with Crippen LogP contribution >= 0.6 is 0 Å². The lowest BCUT2D eigenvalue weighted by Crippen LogP contribution is -2.28. The molecular weight excluding hydrogens is 286 g/mol. The normalized spacial score (nSPS) is 15.7. The Balaban J connectivity index is 1.83. The van der Waals surface area contributed by atoms with E-state index in [0.717, 1.165) is 31.6 Å². The van der Waals surface area contributed by atoms with Crippen molar-refractivity contribution in [2.24, 2.45) is 0 Å². The van der Waals surface area contributed by atoms with Crippen molar-refractivity contribution in [1.82, 2.24) is 19.9 Å². The molecule has 8 nitrogen and oxygen atoms in total. The average Bonchev–Trinajstić information content (AvgIpc) is 3.00. The van der Waals surface area contributed by atoms with E-state index in [2.05, 4.69) is 25.3 Å². The zero-order valence-electron chi connectivity index (χ0n) is 12.2. The highest BCUT2D eigenvalue weighted by Gasteiger charge is 2.17. The lowest BCUT2D eigenvalue weighted by atomic mass is 10.1. The monoisotopic (exact) mass is 303 g/mol. The standard InChI is InChI=1S/C14H17N5O3/c1-8-6-16-14(17-9-2-4-22-5-3-9)19-11(8)12-15-7-10(18-12)13(20)21/h6-7,9H,2-5H2,1H3,(H,15,18)(H,20,21)(H,16,17,19). The number of anilines is 1. The van der Waals surface area contributed by atoms with Gasteiger partial charge in [-0.1, -0.05) is 0 Å². The molecule has 0 aromatic carbocycles. The molecule has 0 unspecified atom stereocenters. The van der Waals surface area contributed by atoms with Crippen LogP contribution < -0.4 is 5.32 Å². The van der Waals surface area contributed by atoms with Crippen molar-refractivity contribution in [2.45, 2.75) is 25.8 Å². The molecule has 22 heavy (non-hydrogen) atoms. The first-order valence-corrected chi connectivity index (χ1v) is 7.10. The maximum absolute atomic E-state index is 10.9. The van der Waals surface area contributed by atoms with Crippen molar-refractivity contribution in [3.63, 3.8) is 0 Å². The summed E-state index contributed by atoms with van der Waals surface area (Å²) in [7, 11) is 0. The summed E-state index contributed by atoms with van der Waals surface area (Å²) >= 11 is 0. The van der Waals surface area contributed by atoms with Crippen LogP contribution in [-0.4, -0.2) is 50.3 Å². The van der Waals surface area contributed by atoms with Gasteiger partial charge in [0.15, 0.2) is 5.82 Å². The van der Waals surface area contributed by atoms with Gasteiger partial charge in [-0.15, -0.1) is 0 Å². The van der Waals surface area contributed by atoms with E-state index >= 15 is 0 Å². The molecule has 1 saturated heterocycles. The number of nitrogens with zero attached hydrogens (tertiary/aromatic N) is 3. The highest BCUT2D eigenvalue weighted by atomic mass is 16.5. The van der Waals surface area contributed by atoms with E-state index in [4.69, 9.17) is 9.84 Å². The quantitative estimate of drug-likeness (QED) is 0.783. The number of rotatable bonds is 4. The fourth-order valence-electron chi connectivity index (χ4n) is 2.33. The molecular formula is C14H17N5O3. The molecule has 2 aromatic heterocycles. The molecule has 2 aromatic rings. The number of aromatic carboxylic acids is 1. The van der Waals surface area contributed by atoms with Crippen molar-refractivity contribution in [1.29, 1.82) is 0 Å². The van der Waals surface area contributed by atoms with Crippen molar-refractivity contribution >= 4 is 11.9 Å². The first kappa shape index (κ1) is 14.5. The van der Waals surface area contributed by atoms with Crippen molar-refractivity contribution in [2.75, 3.05) is 18.5 Å². The third-order valence-corrected chi connectivity index (χ3v) is 3.56. The zero-order valence-corrected chi connectivity index (χ0v) is 12.2. The average molecular weight is 303 g/mol. The number of carboxylic acid groups (broad SMARTS) is 1. The first-order chi connectivity index (χ1) is 10.6. The molecule has 0 saturated carbocycles. The Morgan fingerprint density at radius 3 is 2.82 bits per heavy atom. The van der Waals surface area contributed by atoms with Gasteiger partial charge in [-0.05, 0) is 25.3 Å². The van der Waals surface area contributed by atoms with E-state index in [9.17, 15) is 4.79 Å². The molecule has 0 spiro atoms. The molecule has 116 valence electrons. The molecule has 0 atom stereocenters. The second-order valence-corrected chi connectivity index (χ2v) is 5.21. The molecule has 3 rings (SSSR count). The molecule has 3 N–H and O–H groups in total. The molecule has 1 fully saturated rings. The van der Waals surface area contributed by atoms with Crippen LogP contribution in [0.3, 0.4) is 0 Å². The van der Waals surface area contributed by atoms with Crippen LogP contribution in [0, 0.1) is 6.92 Å². The fraction of sp³-hybridized carbons (Fsp3) is 0.429. The van der Waals surface area contributed by atoms with Crippen LogP contribution in [0.4, 0.5) is 5.95 Å². The predicted molar refractivity (Wildman–Crippen MR) is 78.8 cm³/mol. The summed E-state index contributed by atoms with van der Waals surface area (Å²) in [5.74, 6) is -0.112. The Hall–Kier alpha value is -2.48. The number of aromatic nitrogens is 4. The maximum atomic E-state index is 10.9. The van der Waals surface area contributed by atoms with Crippen LogP contribution in [0.2, 0.25) is 0 Å². The van der Waals surface area contributed by atoms with Gasteiger partial charge in [0.2, 0.25) is 5.95 Å². The Kier molecular flexibility index (Phi) is 4.01. The number of hydrogen-bond donors (Lipinski definition) is 3. The van der Waals surface area contributed by atoms with E-state index in [1.165, 1.54) is 6.20 Å². The maximum Gasteiger partial charge on any atom is 0.353 e. The van der Waals surface area contributed by atoms with Crippen LogP contribution in [0.1, 0.15) is 28.9 Å². The van der Waals surface area contributed by atoms with Gasteiger partial charge in [-0.25, -0.2) is 19.7 Å². The van der Waals surface area contributed by atoms with Crippen LogP contribution in [0.5, 0.6) is 0 Å². The lowest BCUT2D eigenvalue weighted by Gasteiger charge is -2.23. The topological polar surface area (TPSA) is 113 Å². The number of aryl methyl sites for hydroxylation is 1. The summed E-state index contributed by atoms with van der Waals surface area (Å²) in [6.07, 6.45) is 4.81. The minimum atomic E-state index is -1.05. The van der Waals surface area contributed by atoms with E-state index in [-0.39, 0.29) is 11.7 Å².